The van der Waals surface area contributed by atoms with Gasteiger partial charge in [0, 0.05) is 12.4 Å². The van der Waals surface area contributed by atoms with E-state index in [1.54, 1.807) is 18.5 Å². The summed E-state index contributed by atoms with van der Waals surface area (Å²) in [4.78, 5) is 7.84. The third-order valence-corrected chi connectivity index (χ3v) is 1.86. The molecule has 0 spiro atoms. The van der Waals surface area contributed by atoms with Gasteiger partial charge in [0.1, 0.15) is 0 Å². The maximum Gasteiger partial charge on any atom is 0.199 e. The van der Waals surface area contributed by atoms with Gasteiger partial charge in [-0.3, -0.25) is 5.14 Å². The van der Waals surface area contributed by atoms with Crippen molar-refractivity contribution in [2.75, 3.05) is 0 Å². The highest BCUT2D eigenvalue weighted by atomic mass is 33.1. The molecule has 5 heteroatoms. The van der Waals surface area contributed by atoms with Gasteiger partial charge in [-0.25, -0.2) is 9.97 Å². The van der Waals surface area contributed by atoms with E-state index < -0.39 is 0 Å². The molecule has 0 bridgehead atoms. The molecule has 0 saturated carbocycles. The average Bonchev–Trinajstić information content (AvgIpc) is 1.91. The van der Waals surface area contributed by atoms with Crippen molar-refractivity contribution in [3.63, 3.8) is 0 Å². The number of nitrogens with zero attached hydrogens (tertiary/aromatic N) is 2. The van der Waals surface area contributed by atoms with Crippen LogP contribution >= 0.6 is 21.8 Å². The fourth-order valence-corrected chi connectivity index (χ4v) is 1.18. The number of aromatic nitrogens is 2. The van der Waals surface area contributed by atoms with E-state index in [2.05, 4.69) is 9.97 Å². The molecule has 0 radical (unpaired) electrons. The van der Waals surface area contributed by atoms with Crippen LogP contribution in [0.5, 0.6) is 0 Å². The Morgan fingerprint density at radius 2 is 2.00 bits per heavy atom. The van der Waals surface area contributed by atoms with E-state index in [9.17, 15) is 0 Å². The van der Waals surface area contributed by atoms with Gasteiger partial charge in [-0.1, -0.05) is 0 Å². The predicted molar refractivity (Wildman–Crippen MR) is 39.7 cm³/mol. The van der Waals surface area contributed by atoms with Crippen LogP contribution in [0.2, 0.25) is 0 Å². The van der Waals surface area contributed by atoms with Crippen LogP contribution in [0, 0.1) is 0 Å². The zero-order valence-corrected chi connectivity index (χ0v) is 6.15. The van der Waals surface area contributed by atoms with E-state index in [0.717, 1.165) is 11.0 Å². The summed E-state index contributed by atoms with van der Waals surface area (Å²) < 4.78 is 0. The molecule has 0 aliphatic rings. The molecule has 0 amide bonds. The summed E-state index contributed by atoms with van der Waals surface area (Å²) in [6, 6.07) is 1.77. The lowest BCUT2D eigenvalue weighted by Crippen LogP contribution is -1.81. The molecule has 1 heterocycles. The van der Waals surface area contributed by atoms with Gasteiger partial charge in [-0.2, -0.15) is 0 Å². The lowest BCUT2D eigenvalue weighted by molar-refractivity contribution is 0.973. The molecule has 0 aromatic carbocycles. The van der Waals surface area contributed by atoms with Crippen molar-refractivity contribution < 1.29 is 0 Å². The first-order valence-corrected chi connectivity index (χ1v) is 4.45. The minimum atomic E-state index is 0.699. The Morgan fingerprint density at radius 3 is 2.56 bits per heavy atom. The van der Waals surface area contributed by atoms with Crippen molar-refractivity contribution >= 4 is 21.8 Å². The van der Waals surface area contributed by atoms with E-state index >= 15 is 0 Å². The van der Waals surface area contributed by atoms with Gasteiger partial charge in [0.2, 0.25) is 0 Å². The van der Waals surface area contributed by atoms with Crippen LogP contribution in [-0.2, 0) is 0 Å². The van der Waals surface area contributed by atoms with Crippen LogP contribution in [0.4, 0.5) is 0 Å². The highest BCUT2D eigenvalue weighted by Gasteiger charge is 1.90. The molecule has 0 aliphatic carbocycles. The number of rotatable bonds is 2. The Balaban J connectivity index is 2.61. The Bertz CT molecular complexity index is 167. The van der Waals surface area contributed by atoms with Gasteiger partial charge in [0.25, 0.3) is 0 Å². The molecule has 48 valence electrons. The Labute approximate surface area is 61.0 Å². The molecule has 0 unspecified atom stereocenters. The second kappa shape index (κ2) is 3.71. The molecule has 1 rings (SSSR count). The zero-order valence-electron chi connectivity index (χ0n) is 4.52. The van der Waals surface area contributed by atoms with Crippen molar-refractivity contribution in [1.29, 1.82) is 0 Å². The van der Waals surface area contributed by atoms with E-state index in [4.69, 9.17) is 5.14 Å². The van der Waals surface area contributed by atoms with E-state index in [1.165, 1.54) is 10.8 Å². The average molecular weight is 159 g/mol. The normalized spacial score (nSPS) is 9.44. The van der Waals surface area contributed by atoms with Gasteiger partial charge in [-0.15, -0.1) is 0 Å². The van der Waals surface area contributed by atoms with Gasteiger partial charge < -0.3 is 0 Å². The van der Waals surface area contributed by atoms with Gasteiger partial charge >= 0.3 is 0 Å². The first kappa shape index (κ1) is 6.85. The first-order valence-electron chi connectivity index (χ1n) is 2.24. The summed E-state index contributed by atoms with van der Waals surface area (Å²) in [5, 5.41) is 5.86. The van der Waals surface area contributed by atoms with Gasteiger partial charge in [-0.05, 0) is 27.8 Å². The standard InChI is InChI=1S/C4H5N3S2/c5-9-8-4-6-2-1-3-7-4/h1-3H,5H2. The smallest absolute Gasteiger partial charge is 0.199 e. The van der Waals surface area contributed by atoms with Crippen LogP contribution < -0.4 is 5.14 Å². The minimum absolute atomic E-state index is 0.699. The van der Waals surface area contributed by atoms with Crippen molar-refractivity contribution in [2.45, 2.75) is 5.16 Å². The van der Waals surface area contributed by atoms with Crippen LogP contribution in [0.25, 0.3) is 0 Å². The fraction of sp³-hybridized carbons (Fsp3) is 0. The summed E-state index contributed by atoms with van der Waals surface area (Å²) in [7, 11) is 2.49. The summed E-state index contributed by atoms with van der Waals surface area (Å²) in [5.74, 6) is 0. The summed E-state index contributed by atoms with van der Waals surface area (Å²) in [6.45, 7) is 0. The van der Waals surface area contributed by atoms with Gasteiger partial charge in [0.05, 0.1) is 0 Å². The molecule has 0 saturated heterocycles. The van der Waals surface area contributed by atoms with Gasteiger partial charge in [0.15, 0.2) is 5.16 Å². The largest absolute Gasteiger partial charge is 0.268 e. The maximum atomic E-state index is 5.16. The molecular formula is C4H5N3S2. The summed E-state index contributed by atoms with van der Waals surface area (Å²) >= 11 is 0. The summed E-state index contributed by atoms with van der Waals surface area (Å²) in [6.07, 6.45) is 3.37. The number of nitrogens with two attached hydrogens (primary N) is 1. The third-order valence-electron chi connectivity index (χ3n) is 0.665. The lowest BCUT2D eigenvalue weighted by Gasteiger charge is -1.89. The third kappa shape index (κ3) is 2.21. The fourth-order valence-electron chi connectivity index (χ4n) is 0.371. The van der Waals surface area contributed by atoms with Crippen molar-refractivity contribution in [2.24, 2.45) is 5.14 Å². The Morgan fingerprint density at radius 1 is 1.33 bits per heavy atom. The monoisotopic (exact) mass is 159 g/mol. The molecule has 9 heavy (non-hydrogen) atoms. The van der Waals surface area contributed by atoms with Crippen molar-refractivity contribution in [1.82, 2.24) is 9.97 Å². The minimum Gasteiger partial charge on any atom is -0.268 e. The van der Waals surface area contributed by atoms with Crippen LogP contribution in [0.3, 0.4) is 0 Å². The first-order chi connectivity index (χ1) is 4.43. The van der Waals surface area contributed by atoms with Crippen molar-refractivity contribution in [3.8, 4) is 0 Å². The van der Waals surface area contributed by atoms with E-state index in [1.807, 2.05) is 0 Å². The highest BCUT2D eigenvalue weighted by molar-refractivity contribution is 8.75. The number of hydrogen-bond acceptors (Lipinski definition) is 5. The molecule has 0 atom stereocenters. The zero-order chi connectivity index (χ0) is 6.53. The Hall–Kier alpha value is -0.260. The van der Waals surface area contributed by atoms with Crippen LogP contribution in [0.15, 0.2) is 23.6 Å². The molecule has 0 fully saturated rings. The lowest BCUT2D eigenvalue weighted by atomic mass is 10.7. The van der Waals surface area contributed by atoms with E-state index in [0.29, 0.717) is 5.16 Å². The Kier molecular flexibility index (Phi) is 2.82. The molecule has 3 nitrogen and oxygen atoms in total. The van der Waals surface area contributed by atoms with Crippen LogP contribution in [-0.4, -0.2) is 9.97 Å². The topological polar surface area (TPSA) is 51.8 Å². The van der Waals surface area contributed by atoms with E-state index in [-0.39, 0.29) is 0 Å². The van der Waals surface area contributed by atoms with Crippen molar-refractivity contribution in [3.05, 3.63) is 18.5 Å². The molecular weight excluding hydrogens is 154 g/mol. The maximum absolute atomic E-state index is 5.16. The quantitative estimate of drug-likeness (QED) is 0.397. The molecule has 1 aromatic heterocycles. The predicted octanol–water partition coefficient (Wildman–Crippen LogP) is 1.09. The second-order valence-corrected chi connectivity index (χ2v) is 3.01. The molecule has 2 N–H and O–H groups in total. The molecule has 1 aromatic rings. The SMILES string of the molecule is NSSc1ncccn1. The summed E-state index contributed by atoms with van der Waals surface area (Å²) in [5.41, 5.74) is 0. The highest BCUT2D eigenvalue weighted by Crippen LogP contribution is 2.20. The molecule has 0 aliphatic heterocycles. The number of hydrogen-bond donors (Lipinski definition) is 1. The second-order valence-electron chi connectivity index (χ2n) is 1.21. The van der Waals surface area contributed by atoms with Crippen LogP contribution in [0.1, 0.15) is 0 Å².